The molecule has 0 aromatic heterocycles. The standard InChI is InChI=1S/C7H14O7/c8-1-3(10)5(12)7(14)6(13)4(11)2-9/h3-6,8-13H,1-2H2/t3-,4?,5-,6-/m1/s1. The van der Waals surface area contributed by atoms with Crippen LogP contribution in [-0.2, 0) is 4.79 Å². The Morgan fingerprint density at radius 3 is 1.36 bits per heavy atom. The summed E-state index contributed by atoms with van der Waals surface area (Å²) in [5.74, 6) is -1.26. The maximum atomic E-state index is 11.0. The van der Waals surface area contributed by atoms with Crippen LogP contribution in [0.2, 0.25) is 0 Å². The highest BCUT2D eigenvalue weighted by molar-refractivity contribution is 5.88. The molecule has 0 radical (unpaired) electrons. The lowest BCUT2D eigenvalue weighted by Crippen LogP contribution is -2.47. The Hall–Kier alpha value is -0.570. The van der Waals surface area contributed by atoms with Crippen LogP contribution in [-0.4, -0.2) is 74.1 Å². The number of aliphatic hydroxyl groups excluding tert-OH is 6. The van der Waals surface area contributed by atoms with Gasteiger partial charge in [0.2, 0.25) is 0 Å². The van der Waals surface area contributed by atoms with Gasteiger partial charge in [-0.2, -0.15) is 0 Å². The number of carbonyl (C=O) groups excluding carboxylic acids is 1. The molecule has 0 aromatic rings. The van der Waals surface area contributed by atoms with Crippen molar-refractivity contribution in [3.63, 3.8) is 0 Å². The second-order valence-corrected chi connectivity index (χ2v) is 2.79. The van der Waals surface area contributed by atoms with Crippen molar-refractivity contribution >= 4 is 5.78 Å². The first-order valence-electron chi connectivity index (χ1n) is 3.93. The van der Waals surface area contributed by atoms with Gasteiger partial charge in [-0.1, -0.05) is 0 Å². The molecule has 0 saturated carbocycles. The van der Waals surface area contributed by atoms with Gasteiger partial charge in [0.1, 0.15) is 24.4 Å². The fourth-order valence-corrected chi connectivity index (χ4v) is 0.754. The number of ketones is 1. The Morgan fingerprint density at radius 1 is 0.857 bits per heavy atom. The predicted molar refractivity (Wildman–Crippen MR) is 43.2 cm³/mol. The first kappa shape index (κ1) is 13.4. The van der Waals surface area contributed by atoms with Crippen LogP contribution in [0.1, 0.15) is 0 Å². The number of rotatable bonds is 6. The highest BCUT2D eigenvalue weighted by atomic mass is 16.4. The molecule has 7 nitrogen and oxygen atoms in total. The summed E-state index contributed by atoms with van der Waals surface area (Å²) in [7, 11) is 0. The van der Waals surface area contributed by atoms with Crippen LogP contribution in [0.25, 0.3) is 0 Å². The topological polar surface area (TPSA) is 138 Å². The zero-order chi connectivity index (χ0) is 11.3. The zero-order valence-electron chi connectivity index (χ0n) is 7.32. The SMILES string of the molecule is O=C([C@H](O)C(O)CO)[C@H](O)[C@H](O)CO. The van der Waals surface area contributed by atoms with Gasteiger partial charge < -0.3 is 30.6 Å². The van der Waals surface area contributed by atoms with E-state index in [1.54, 1.807) is 0 Å². The lowest BCUT2D eigenvalue weighted by Gasteiger charge is -2.20. The van der Waals surface area contributed by atoms with Gasteiger partial charge in [-0.05, 0) is 0 Å². The summed E-state index contributed by atoms with van der Waals surface area (Å²) >= 11 is 0. The molecule has 4 atom stereocenters. The fraction of sp³-hybridized carbons (Fsp3) is 0.857. The van der Waals surface area contributed by atoms with E-state index in [0.29, 0.717) is 0 Å². The molecule has 84 valence electrons. The van der Waals surface area contributed by atoms with E-state index in [0.717, 1.165) is 0 Å². The van der Waals surface area contributed by atoms with E-state index in [1.165, 1.54) is 0 Å². The number of hydrogen-bond donors (Lipinski definition) is 6. The van der Waals surface area contributed by atoms with Crippen LogP contribution in [0, 0.1) is 0 Å². The lowest BCUT2D eigenvalue weighted by molar-refractivity contribution is -0.150. The maximum absolute atomic E-state index is 11.0. The number of carbonyl (C=O) groups is 1. The minimum atomic E-state index is -1.99. The van der Waals surface area contributed by atoms with E-state index in [4.69, 9.17) is 30.6 Å². The molecule has 0 aliphatic rings. The van der Waals surface area contributed by atoms with E-state index in [2.05, 4.69) is 0 Å². The van der Waals surface area contributed by atoms with Crippen LogP contribution in [0.4, 0.5) is 0 Å². The largest absolute Gasteiger partial charge is 0.394 e. The molecule has 0 saturated heterocycles. The summed E-state index contributed by atoms with van der Waals surface area (Å²) in [5.41, 5.74) is 0. The maximum Gasteiger partial charge on any atom is 0.195 e. The second kappa shape index (κ2) is 6.02. The first-order valence-corrected chi connectivity index (χ1v) is 3.93. The molecule has 1 unspecified atom stereocenters. The molecular weight excluding hydrogens is 196 g/mol. The van der Waals surface area contributed by atoms with Gasteiger partial charge in [-0.25, -0.2) is 0 Å². The van der Waals surface area contributed by atoms with Crippen molar-refractivity contribution in [1.82, 2.24) is 0 Å². The first-order chi connectivity index (χ1) is 6.45. The summed E-state index contributed by atoms with van der Waals surface area (Å²) in [5, 5.41) is 52.4. The summed E-state index contributed by atoms with van der Waals surface area (Å²) in [6.45, 7) is -1.70. The van der Waals surface area contributed by atoms with Gasteiger partial charge in [-0.15, -0.1) is 0 Å². The van der Waals surface area contributed by atoms with Crippen molar-refractivity contribution in [3.05, 3.63) is 0 Å². The van der Waals surface area contributed by atoms with Crippen molar-refractivity contribution in [3.8, 4) is 0 Å². The van der Waals surface area contributed by atoms with E-state index in [-0.39, 0.29) is 0 Å². The number of Topliss-reactive ketones (excluding diaryl/α,β-unsaturated/α-hetero) is 1. The molecule has 14 heavy (non-hydrogen) atoms. The molecule has 0 fully saturated rings. The Labute approximate surface area is 79.9 Å². The van der Waals surface area contributed by atoms with Gasteiger partial charge in [0.15, 0.2) is 5.78 Å². The zero-order valence-corrected chi connectivity index (χ0v) is 7.32. The number of aliphatic hydroxyl groups is 6. The Morgan fingerprint density at radius 2 is 1.14 bits per heavy atom. The summed E-state index contributed by atoms with van der Waals surface area (Å²) in [6, 6.07) is 0. The Balaban J connectivity index is 4.31. The minimum Gasteiger partial charge on any atom is -0.394 e. The quantitative estimate of drug-likeness (QED) is 0.262. The molecule has 0 heterocycles. The molecule has 0 rings (SSSR count). The van der Waals surface area contributed by atoms with E-state index < -0.39 is 43.4 Å². The summed E-state index contributed by atoms with van der Waals surface area (Å²) in [4.78, 5) is 11.0. The summed E-state index contributed by atoms with van der Waals surface area (Å²) in [6.07, 6.45) is -7.42. The van der Waals surface area contributed by atoms with Crippen LogP contribution >= 0.6 is 0 Å². The molecule has 0 amide bonds. The van der Waals surface area contributed by atoms with Crippen LogP contribution < -0.4 is 0 Å². The van der Waals surface area contributed by atoms with Crippen molar-refractivity contribution in [2.75, 3.05) is 13.2 Å². The molecule has 0 aromatic carbocycles. The average Bonchev–Trinajstić information content (AvgIpc) is 2.23. The van der Waals surface area contributed by atoms with Gasteiger partial charge in [0.25, 0.3) is 0 Å². The van der Waals surface area contributed by atoms with E-state index in [1.807, 2.05) is 0 Å². The summed E-state index contributed by atoms with van der Waals surface area (Å²) < 4.78 is 0. The highest BCUT2D eigenvalue weighted by Gasteiger charge is 2.32. The molecule has 0 spiro atoms. The van der Waals surface area contributed by atoms with Crippen LogP contribution in [0.15, 0.2) is 0 Å². The normalized spacial score (nSPS) is 19.9. The van der Waals surface area contributed by atoms with Crippen molar-refractivity contribution in [1.29, 1.82) is 0 Å². The van der Waals surface area contributed by atoms with E-state index >= 15 is 0 Å². The van der Waals surface area contributed by atoms with Gasteiger partial charge in [0.05, 0.1) is 13.2 Å². The third kappa shape index (κ3) is 3.29. The van der Waals surface area contributed by atoms with Crippen molar-refractivity contribution in [2.45, 2.75) is 24.4 Å². The molecule has 0 aliphatic carbocycles. The highest BCUT2D eigenvalue weighted by Crippen LogP contribution is 2.02. The fourth-order valence-electron chi connectivity index (χ4n) is 0.754. The number of hydrogen-bond acceptors (Lipinski definition) is 7. The van der Waals surface area contributed by atoms with Gasteiger partial charge in [-0.3, -0.25) is 4.79 Å². The average molecular weight is 210 g/mol. The molecule has 6 N–H and O–H groups in total. The Bertz CT molecular complexity index is 165. The van der Waals surface area contributed by atoms with Gasteiger partial charge >= 0.3 is 0 Å². The minimum absolute atomic E-state index is 0.852. The van der Waals surface area contributed by atoms with Crippen LogP contribution in [0.5, 0.6) is 0 Å². The van der Waals surface area contributed by atoms with Gasteiger partial charge in [0, 0.05) is 0 Å². The van der Waals surface area contributed by atoms with Crippen molar-refractivity contribution < 1.29 is 35.4 Å². The molecule has 7 heteroatoms. The monoisotopic (exact) mass is 210 g/mol. The predicted octanol–water partition coefficient (Wildman–Crippen LogP) is -4.02. The smallest absolute Gasteiger partial charge is 0.195 e. The lowest BCUT2D eigenvalue weighted by atomic mass is 10.0. The third-order valence-electron chi connectivity index (χ3n) is 1.69. The molecular formula is C7H14O7. The third-order valence-corrected chi connectivity index (χ3v) is 1.69. The molecule has 0 aliphatic heterocycles. The van der Waals surface area contributed by atoms with Crippen LogP contribution in [0.3, 0.4) is 0 Å². The van der Waals surface area contributed by atoms with Crippen molar-refractivity contribution in [2.24, 2.45) is 0 Å². The molecule has 0 bridgehead atoms. The van der Waals surface area contributed by atoms with E-state index in [9.17, 15) is 4.79 Å². The second-order valence-electron chi connectivity index (χ2n) is 2.79. The Kier molecular flexibility index (Phi) is 5.77.